The maximum atomic E-state index is 5.47. The first-order chi connectivity index (χ1) is 10.6. The molecule has 128 valence electrons. The van der Waals surface area contributed by atoms with Crippen molar-refractivity contribution in [2.24, 2.45) is 15.9 Å². The zero-order chi connectivity index (χ0) is 16.8. The minimum absolute atomic E-state index is 0.0141. The van der Waals surface area contributed by atoms with Crippen molar-refractivity contribution in [1.29, 1.82) is 0 Å². The Balaban J connectivity index is 0.000000534. The molecule has 1 rings (SSSR count). The topological polar surface area (TPSA) is 43.2 Å². The Morgan fingerprint density at radius 3 is 2.36 bits per heavy atom. The van der Waals surface area contributed by atoms with Crippen molar-refractivity contribution < 1.29 is 9.47 Å². The normalized spacial score (nSPS) is 17.1. The monoisotopic (exact) mass is 310 g/mol. The van der Waals surface area contributed by atoms with Gasteiger partial charge in [0.15, 0.2) is 0 Å². The maximum Gasteiger partial charge on any atom is 0.209 e. The van der Waals surface area contributed by atoms with Crippen LogP contribution in [0.1, 0.15) is 60.3 Å². The molecule has 4 heteroatoms. The van der Waals surface area contributed by atoms with Crippen molar-refractivity contribution in [3.8, 4) is 0 Å². The maximum absolute atomic E-state index is 5.47. The third-order valence-electron chi connectivity index (χ3n) is 3.15. The molecule has 22 heavy (non-hydrogen) atoms. The van der Waals surface area contributed by atoms with E-state index >= 15 is 0 Å². The summed E-state index contributed by atoms with van der Waals surface area (Å²) in [5.74, 6) is 1.85. The Morgan fingerprint density at radius 2 is 1.86 bits per heavy atom. The zero-order valence-electron chi connectivity index (χ0n) is 15.1. The molecule has 1 heterocycles. The van der Waals surface area contributed by atoms with Gasteiger partial charge in [0.2, 0.25) is 11.8 Å². The van der Waals surface area contributed by atoms with Crippen LogP contribution in [0.15, 0.2) is 22.6 Å². The van der Waals surface area contributed by atoms with Gasteiger partial charge in [-0.1, -0.05) is 39.7 Å². The van der Waals surface area contributed by atoms with Crippen LogP contribution in [0.2, 0.25) is 0 Å². The molecule has 0 saturated carbocycles. The first-order valence-corrected chi connectivity index (χ1v) is 8.58. The summed E-state index contributed by atoms with van der Waals surface area (Å²) < 4.78 is 10.8. The lowest BCUT2D eigenvalue weighted by Crippen LogP contribution is -2.33. The third kappa shape index (κ3) is 8.85. The fourth-order valence-corrected chi connectivity index (χ4v) is 1.99. The van der Waals surface area contributed by atoms with E-state index in [1.807, 2.05) is 19.9 Å². The highest BCUT2D eigenvalue weighted by atomic mass is 16.5. The van der Waals surface area contributed by atoms with Gasteiger partial charge in [0.25, 0.3) is 0 Å². The number of aliphatic imine (C=N–C) groups is 2. The molecule has 0 aromatic carbocycles. The Morgan fingerprint density at radius 1 is 1.18 bits per heavy atom. The molecule has 0 aromatic heterocycles. The van der Waals surface area contributed by atoms with Crippen LogP contribution in [-0.2, 0) is 9.47 Å². The zero-order valence-corrected chi connectivity index (χ0v) is 15.1. The van der Waals surface area contributed by atoms with E-state index in [1.165, 1.54) is 25.7 Å². The number of hydrogen-bond acceptors (Lipinski definition) is 4. The van der Waals surface area contributed by atoms with E-state index in [-0.39, 0.29) is 6.04 Å². The number of unbranched alkanes of at least 4 members (excludes halogenated alkanes) is 3. The lowest BCUT2D eigenvalue weighted by molar-refractivity contribution is 0.285. The van der Waals surface area contributed by atoms with E-state index in [4.69, 9.17) is 9.47 Å². The number of hydrogen-bond donors (Lipinski definition) is 0. The average Bonchev–Trinajstić information content (AvgIpc) is 2.50. The Labute approximate surface area is 136 Å². The minimum atomic E-state index is 0.0141. The van der Waals surface area contributed by atoms with E-state index in [0.717, 1.165) is 11.8 Å². The van der Waals surface area contributed by atoms with Crippen LogP contribution in [0.3, 0.4) is 0 Å². The first kappa shape index (κ1) is 20.7. The highest BCUT2D eigenvalue weighted by Crippen LogP contribution is 2.14. The van der Waals surface area contributed by atoms with Crippen molar-refractivity contribution in [1.82, 2.24) is 0 Å². The highest BCUT2D eigenvalue weighted by Gasteiger charge is 2.25. The molecule has 0 amide bonds. The number of ether oxygens (including phenoxy) is 2. The first-order valence-electron chi connectivity index (χ1n) is 8.58. The Hall–Kier alpha value is -1.32. The second kappa shape index (κ2) is 13.4. The largest absolute Gasteiger partial charge is 0.480 e. The molecule has 0 bridgehead atoms. The summed E-state index contributed by atoms with van der Waals surface area (Å²) in [6, 6.07) is 0.0141. The Kier molecular flexibility index (Phi) is 12.5. The molecule has 4 nitrogen and oxygen atoms in total. The second-order valence-electron chi connectivity index (χ2n) is 5.52. The average molecular weight is 310 g/mol. The lowest BCUT2D eigenvalue weighted by atomic mass is 10.0. The molecule has 0 spiro atoms. The fraction of sp³-hybridized carbons (Fsp3) is 0.778. The van der Waals surface area contributed by atoms with Crippen LogP contribution in [0.25, 0.3) is 0 Å². The van der Waals surface area contributed by atoms with Crippen LogP contribution in [0.4, 0.5) is 0 Å². The van der Waals surface area contributed by atoms with E-state index < -0.39 is 0 Å². The summed E-state index contributed by atoms with van der Waals surface area (Å²) in [5, 5.41) is 0. The molecule has 1 aliphatic rings. The SMILES string of the molecule is C=CCCCCC.CCOC1=NC(C(C)C)C(OCC)=NC1. The van der Waals surface area contributed by atoms with Crippen molar-refractivity contribution >= 4 is 11.8 Å². The standard InChI is InChI=1S/C11H20N2O2.C7H14/c1-5-14-9-7-12-11(15-6-2)10(13-9)8(3)4;1-3-5-7-6-4-2/h8,10H,5-7H2,1-4H3;3H,1,4-7H2,2H3. The van der Waals surface area contributed by atoms with Gasteiger partial charge in [-0.3, -0.25) is 0 Å². The van der Waals surface area contributed by atoms with Gasteiger partial charge in [-0.25, -0.2) is 9.98 Å². The Bertz CT molecular complexity index is 349. The van der Waals surface area contributed by atoms with Gasteiger partial charge in [0.05, 0.1) is 13.2 Å². The lowest BCUT2D eigenvalue weighted by Gasteiger charge is -2.23. The summed E-state index contributed by atoms with van der Waals surface area (Å²) in [6.45, 7) is 15.8. The van der Waals surface area contributed by atoms with E-state index in [2.05, 4.69) is 37.3 Å². The van der Waals surface area contributed by atoms with Crippen molar-refractivity contribution in [3.63, 3.8) is 0 Å². The molecule has 0 N–H and O–H groups in total. The third-order valence-corrected chi connectivity index (χ3v) is 3.15. The van der Waals surface area contributed by atoms with E-state index in [1.54, 1.807) is 0 Å². The van der Waals surface area contributed by atoms with Gasteiger partial charge < -0.3 is 9.47 Å². The van der Waals surface area contributed by atoms with Crippen molar-refractivity contribution in [3.05, 3.63) is 12.7 Å². The van der Waals surface area contributed by atoms with Crippen LogP contribution in [0.5, 0.6) is 0 Å². The number of nitrogens with zero attached hydrogens (tertiary/aromatic N) is 2. The number of allylic oxidation sites excluding steroid dienone is 1. The van der Waals surface area contributed by atoms with E-state index in [9.17, 15) is 0 Å². The van der Waals surface area contributed by atoms with Crippen LogP contribution >= 0.6 is 0 Å². The highest BCUT2D eigenvalue weighted by molar-refractivity contribution is 5.92. The minimum Gasteiger partial charge on any atom is -0.480 e. The summed E-state index contributed by atoms with van der Waals surface area (Å²) in [4.78, 5) is 8.87. The molecule has 0 aliphatic carbocycles. The summed E-state index contributed by atoms with van der Waals surface area (Å²) in [7, 11) is 0. The van der Waals surface area contributed by atoms with Crippen LogP contribution in [0, 0.1) is 5.92 Å². The summed E-state index contributed by atoms with van der Waals surface area (Å²) in [5.41, 5.74) is 0. The summed E-state index contributed by atoms with van der Waals surface area (Å²) in [6.07, 6.45) is 7.16. The predicted molar refractivity (Wildman–Crippen MR) is 96.0 cm³/mol. The van der Waals surface area contributed by atoms with Gasteiger partial charge in [-0.05, 0) is 32.6 Å². The van der Waals surface area contributed by atoms with Gasteiger partial charge in [0.1, 0.15) is 12.6 Å². The smallest absolute Gasteiger partial charge is 0.209 e. The quantitative estimate of drug-likeness (QED) is 0.507. The summed E-state index contributed by atoms with van der Waals surface area (Å²) >= 11 is 0. The molecule has 0 saturated heterocycles. The molecular formula is C18H34N2O2. The van der Waals surface area contributed by atoms with Crippen LogP contribution in [-0.4, -0.2) is 37.6 Å². The molecule has 0 fully saturated rings. The molecule has 0 aromatic rings. The van der Waals surface area contributed by atoms with Gasteiger partial charge in [-0.2, -0.15) is 0 Å². The van der Waals surface area contributed by atoms with Crippen molar-refractivity contribution in [2.75, 3.05) is 19.8 Å². The second-order valence-corrected chi connectivity index (χ2v) is 5.52. The predicted octanol–water partition coefficient (Wildman–Crippen LogP) is 4.65. The number of rotatable bonds is 7. The van der Waals surface area contributed by atoms with Gasteiger partial charge >= 0.3 is 0 Å². The molecule has 1 aliphatic heterocycles. The van der Waals surface area contributed by atoms with Gasteiger partial charge in [0, 0.05) is 0 Å². The molecular weight excluding hydrogens is 276 g/mol. The fourth-order valence-electron chi connectivity index (χ4n) is 1.99. The van der Waals surface area contributed by atoms with E-state index in [0.29, 0.717) is 25.7 Å². The van der Waals surface area contributed by atoms with Gasteiger partial charge in [-0.15, -0.1) is 6.58 Å². The van der Waals surface area contributed by atoms with Crippen molar-refractivity contribution in [2.45, 2.75) is 66.3 Å². The van der Waals surface area contributed by atoms with Crippen LogP contribution < -0.4 is 0 Å². The molecule has 1 unspecified atom stereocenters. The molecule has 1 atom stereocenters. The molecule has 0 radical (unpaired) electrons.